The molecule has 0 radical (unpaired) electrons. The van der Waals surface area contributed by atoms with Gasteiger partial charge in [0.1, 0.15) is 0 Å². The molecule has 2 heterocycles. The van der Waals surface area contributed by atoms with Gasteiger partial charge in [0.2, 0.25) is 0 Å². The van der Waals surface area contributed by atoms with Gasteiger partial charge in [0.25, 0.3) is 5.91 Å². The normalized spacial score (nSPS) is 14.2. The Morgan fingerprint density at radius 3 is 2.42 bits per heavy atom. The predicted octanol–water partition coefficient (Wildman–Crippen LogP) is 3.12. The van der Waals surface area contributed by atoms with E-state index < -0.39 is 4.92 Å². The van der Waals surface area contributed by atoms with Gasteiger partial charge in [0, 0.05) is 37.9 Å². The van der Waals surface area contributed by atoms with E-state index in [4.69, 9.17) is 12.2 Å². The zero-order chi connectivity index (χ0) is 18.7. The van der Waals surface area contributed by atoms with E-state index in [0.717, 1.165) is 22.6 Å². The molecule has 1 saturated heterocycles. The van der Waals surface area contributed by atoms with E-state index >= 15 is 0 Å². The van der Waals surface area contributed by atoms with E-state index in [1.807, 2.05) is 36.1 Å². The molecular formula is C17H18N4O3S2. The van der Waals surface area contributed by atoms with Gasteiger partial charge in [-0.05, 0) is 36.8 Å². The Bertz CT molecular complexity index is 844. The molecule has 136 valence electrons. The molecule has 1 aromatic heterocycles. The van der Waals surface area contributed by atoms with Crippen LogP contribution in [0.5, 0.6) is 0 Å². The van der Waals surface area contributed by atoms with Crippen molar-refractivity contribution in [2.75, 3.05) is 31.5 Å². The van der Waals surface area contributed by atoms with Crippen LogP contribution in [0.4, 0.5) is 10.7 Å². The summed E-state index contributed by atoms with van der Waals surface area (Å²) in [6.07, 6.45) is 0. The highest BCUT2D eigenvalue weighted by Crippen LogP contribution is 2.25. The molecule has 1 fully saturated rings. The van der Waals surface area contributed by atoms with Gasteiger partial charge in [-0.3, -0.25) is 14.9 Å². The molecule has 0 aliphatic carbocycles. The molecule has 1 aliphatic rings. The lowest BCUT2D eigenvalue weighted by atomic mass is 10.2. The van der Waals surface area contributed by atoms with Gasteiger partial charge in [-0.25, -0.2) is 0 Å². The quantitative estimate of drug-likeness (QED) is 0.493. The van der Waals surface area contributed by atoms with Crippen molar-refractivity contribution in [3.63, 3.8) is 0 Å². The molecule has 0 unspecified atom stereocenters. The number of carbonyl (C=O) groups is 1. The number of carbonyl (C=O) groups excluding carboxylic acids is 1. The van der Waals surface area contributed by atoms with Gasteiger partial charge in [-0.15, -0.1) is 0 Å². The second kappa shape index (κ2) is 7.79. The third-order valence-electron chi connectivity index (χ3n) is 4.22. The van der Waals surface area contributed by atoms with Crippen molar-refractivity contribution >= 4 is 45.3 Å². The molecule has 1 amide bonds. The first-order valence-corrected chi connectivity index (χ1v) is 9.33. The lowest BCUT2D eigenvalue weighted by Crippen LogP contribution is -2.51. The largest absolute Gasteiger partial charge is 0.345 e. The average molecular weight is 390 g/mol. The predicted molar refractivity (Wildman–Crippen MR) is 106 cm³/mol. The van der Waals surface area contributed by atoms with Gasteiger partial charge in [0.15, 0.2) is 5.11 Å². The molecule has 0 saturated carbocycles. The van der Waals surface area contributed by atoms with Gasteiger partial charge in [-0.1, -0.05) is 29.5 Å². The number of hydrogen-bond donors (Lipinski definition) is 1. The van der Waals surface area contributed by atoms with Crippen molar-refractivity contribution in [3.05, 3.63) is 57.0 Å². The summed E-state index contributed by atoms with van der Waals surface area (Å²) in [7, 11) is 0. The highest BCUT2D eigenvalue weighted by atomic mass is 32.1. The fourth-order valence-electron chi connectivity index (χ4n) is 2.72. The Balaban J connectivity index is 1.56. The number of anilines is 1. The summed E-state index contributed by atoms with van der Waals surface area (Å²) in [6, 6.07) is 10.8. The van der Waals surface area contributed by atoms with E-state index in [0.29, 0.717) is 36.2 Å². The zero-order valence-electron chi connectivity index (χ0n) is 14.2. The second-order valence-electron chi connectivity index (χ2n) is 5.92. The number of hydrogen-bond acceptors (Lipinski definition) is 5. The fraction of sp³-hybridized carbons (Fsp3) is 0.294. The van der Waals surface area contributed by atoms with Crippen LogP contribution in [0.1, 0.15) is 15.2 Å². The summed E-state index contributed by atoms with van der Waals surface area (Å²) >= 11 is 6.40. The fourth-order valence-corrected chi connectivity index (χ4v) is 3.80. The Morgan fingerprint density at radius 2 is 1.81 bits per heavy atom. The van der Waals surface area contributed by atoms with Crippen LogP contribution < -0.4 is 5.32 Å². The number of nitro groups is 1. The molecular weight excluding hydrogens is 372 g/mol. The van der Waals surface area contributed by atoms with Crippen LogP contribution in [-0.2, 0) is 0 Å². The number of piperazine rings is 1. The minimum atomic E-state index is -0.477. The Hall–Kier alpha value is -2.52. The first kappa shape index (κ1) is 18.3. The third kappa shape index (κ3) is 4.00. The summed E-state index contributed by atoms with van der Waals surface area (Å²) in [5.41, 5.74) is 2.09. The smallest absolute Gasteiger partial charge is 0.324 e. The lowest BCUT2D eigenvalue weighted by molar-refractivity contribution is -0.380. The van der Waals surface area contributed by atoms with Crippen LogP contribution in [0.2, 0.25) is 0 Å². The summed E-state index contributed by atoms with van der Waals surface area (Å²) < 4.78 is 0. The molecule has 0 atom stereocenters. The second-order valence-corrected chi connectivity index (χ2v) is 7.37. The van der Waals surface area contributed by atoms with Crippen LogP contribution in [0.25, 0.3) is 0 Å². The minimum absolute atomic E-state index is 0.0180. The number of amides is 1. The number of aryl methyl sites for hydroxylation is 1. The van der Waals surface area contributed by atoms with Crippen LogP contribution in [0, 0.1) is 17.0 Å². The summed E-state index contributed by atoms with van der Waals surface area (Å²) in [4.78, 5) is 26.9. The van der Waals surface area contributed by atoms with E-state index in [2.05, 4.69) is 5.32 Å². The molecule has 2 aromatic rings. The van der Waals surface area contributed by atoms with E-state index in [-0.39, 0.29) is 10.9 Å². The first-order valence-electron chi connectivity index (χ1n) is 8.11. The number of nitrogens with zero attached hydrogens (tertiary/aromatic N) is 3. The molecule has 0 bridgehead atoms. The maximum atomic E-state index is 12.5. The molecule has 1 aliphatic heterocycles. The van der Waals surface area contributed by atoms with Crippen molar-refractivity contribution in [3.8, 4) is 0 Å². The Kier molecular flexibility index (Phi) is 5.48. The number of thiocarbonyl (C=S) groups is 1. The van der Waals surface area contributed by atoms with Crippen molar-refractivity contribution in [2.45, 2.75) is 6.92 Å². The maximum absolute atomic E-state index is 12.5. The summed E-state index contributed by atoms with van der Waals surface area (Å²) in [5.74, 6) is -0.166. The number of nitrogens with one attached hydrogen (secondary N) is 1. The Morgan fingerprint density at radius 1 is 1.15 bits per heavy atom. The summed E-state index contributed by atoms with van der Waals surface area (Å²) in [6.45, 7) is 4.32. The monoisotopic (exact) mass is 390 g/mol. The van der Waals surface area contributed by atoms with E-state index in [1.165, 1.54) is 12.1 Å². The van der Waals surface area contributed by atoms with Crippen molar-refractivity contribution < 1.29 is 9.72 Å². The average Bonchev–Trinajstić information content (AvgIpc) is 3.13. The number of benzene rings is 1. The molecule has 3 rings (SSSR count). The molecule has 9 heteroatoms. The highest BCUT2D eigenvalue weighted by Gasteiger charge is 2.25. The van der Waals surface area contributed by atoms with Gasteiger partial charge in [-0.2, -0.15) is 0 Å². The third-order valence-corrected chi connectivity index (χ3v) is 5.61. The van der Waals surface area contributed by atoms with Crippen molar-refractivity contribution in [2.24, 2.45) is 0 Å². The molecule has 0 spiro atoms. The standard InChI is InChI=1S/C17H18N4O3S2/c1-12-4-2-3-5-13(12)18-17(25)20-10-8-19(9-11-20)16(22)14-6-7-15(26-14)21(23)24/h2-7H,8-11H2,1H3,(H,18,25). The van der Waals surface area contributed by atoms with E-state index in [9.17, 15) is 14.9 Å². The molecule has 1 N–H and O–H groups in total. The SMILES string of the molecule is Cc1ccccc1NC(=S)N1CCN(C(=O)c2ccc([N+](=O)[O-])s2)CC1. The first-order chi connectivity index (χ1) is 12.5. The number of thiophene rings is 1. The van der Waals surface area contributed by atoms with Crippen molar-refractivity contribution in [1.29, 1.82) is 0 Å². The lowest BCUT2D eigenvalue weighted by Gasteiger charge is -2.36. The van der Waals surface area contributed by atoms with Crippen LogP contribution in [-0.4, -0.2) is 51.9 Å². The number of rotatable bonds is 3. The topological polar surface area (TPSA) is 78.7 Å². The maximum Gasteiger partial charge on any atom is 0.324 e. The van der Waals surface area contributed by atoms with Gasteiger partial charge >= 0.3 is 5.00 Å². The minimum Gasteiger partial charge on any atom is -0.345 e. The molecule has 1 aromatic carbocycles. The molecule has 7 nitrogen and oxygen atoms in total. The van der Waals surface area contributed by atoms with E-state index in [1.54, 1.807) is 4.90 Å². The van der Waals surface area contributed by atoms with Gasteiger partial charge < -0.3 is 15.1 Å². The summed E-state index contributed by atoms with van der Waals surface area (Å²) in [5, 5.41) is 14.6. The highest BCUT2D eigenvalue weighted by molar-refractivity contribution is 7.80. The Labute approximate surface area is 160 Å². The van der Waals surface area contributed by atoms with Crippen LogP contribution in [0.3, 0.4) is 0 Å². The van der Waals surface area contributed by atoms with Crippen LogP contribution in [0.15, 0.2) is 36.4 Å². The van der Waals surface area contributed by atoms with Crippen LogP contribution >= 0.6 is 23.6 Å². The zero-order valence-corrected chi connectivity index (χ0v) is 15.8. The molecule has 26 heavy (non-hydrogen) atoms. The number of para-hydroxylation sites is 1. The van der Waals surface area contributed by atoms with Gasteiger partial charge in [0.05, 0.1) is 9.80 Å². The van der Waals surface area contributed by atoms with Crippen molar-refractivity contribution in [1.82, 2.24) is 9.80 Å².